The van der Waals surface area contributed by atoms with Crippen molar-refractivity contribution in [3.63, 3.8) is 0 Å². The van der Waals surface area contributed by atoms with Gasteiger partial charge in [0.15, 0.2) is 0 Å². The van der Waals surface area contributed by atoms with Crippen LogP contribution >= 0.6 is 27.5 Å². The summed E-state index contributed by atoms with van der Waals surface area (Å²) in [6.07, 6.45) is 1.51. The van der Waals surface area contributed by atoms with Crippen molar-refractivity contribution >= 4 is 44.9 Å². The fraction of sp³-hybridized carbons (Fsp3) is 0.0769. The van der Waals surface area contributed by atoms with Gasteiger partial charge < -0.3 is 11.1 Å². The largest absolute Gasteiger partial charge is 0.397 e. The highest BCUT2D eigenvalue weighted by Crippen LogP contribution is 2.20. The number of aromatic nitrogens is 1. The van der Waals surface area contributed by atoms with Gasteiger partial charge in [0.1, 0.15) is 5.82 Å². The SMILES string of the molecule is Cc1cc(NC(=O)c2cc(Cl)cc(Br)c2)ncc1N. The standard InChI is InChI=1S/C13H11BrClN3O/c1-7-2-12(17-6-11(7)16)18-13(19)8-3-9(14)5-10(15)4-8/h2-6H,16H2,1H3,(H,17,18,19). The van der Waals surface area contributed by atoms with E-state index >= 15 is 0 Å². The molecule has 0 fully saturated rings. The van der Waals surface area contributed by atoms with Crippen LogP contribution in [0.1, 0.15) is 15.9 Å². The summed E-state index contributed by atoms with van der Waals surface area (Å²) >= 11 is 9.19. The van der Waals surface area contributed by atoms with Crippen molar-refractivity contribution in [2.75, 3.05) is 11.1 Å². The first-order chi connectivity index (χ1) is 8.95. The number of amides is 1. The smallest absolute Gasteiger partial charge is 0.256 e. The highest BCUT2D eigenvalue weighted by Gasteiger charge is 2.09. The van der Waals surface area contributed by atoms with Crippen LogP contribution in [-0.2, 0) is 0 Å². The summed E-state index contributed by atoms with van der Waals surface area (Å²) in [5, 5.41) is 3.18. The highest BCUT2D eigenvalue weighted by molar-refractivity contribution is 9.10. The van der Waals surface area contributed by atoms with Crippen molar-refractivity contribution in [2.45, 2.75) is 6.92 Å². The van der Waals surface area contributed by atoms with Gasteiger partial charge in [0.05, 0.1) is 11.9 Å². The maximum atomic E-state index is 12.1. The van der Waals surface area contributed by atoms with E-state index < -0.39 is 0 Å². The number of carbonyl (C=O) groups is 1. The number of nitrogens with zero attached hydrogens (tertiary/aromatic N) is 1. The molecule has 0 saturated carbocycles. The number of carbonyl (C=O) groups excluding carboxylic acids is 1. The maximum absolute atomic E-state index is 12.1. The zero-order valence-corrected chi connectivity index (χ0v) is 12.4. The van der Waals surface area contributed by atoms with Gasteiger partial charge in [-0.1, -0.05) is 27.5 Å². The van der Waals surface area contributed by atoms with Crippen LogP contribution < -0.4 is 11.1 Å². The molecule has 19 heavy (non-hydrogen) atoms. The number of rotatable bonds is 2. The van der Waals surface area contributed by atoms with E-state index in [1.807, 2.05) is 6.92 Å². The van der Waals surface area contributed by atoms with Gasteiger partial charge in [-0.05, 0) is 36.8 Å². The third-order valence-corrected chi connectivity index (χ3v) is 3.19. The van der Waals surface area contributed by atoms with Gasteiger partial charge in [-0.25, -0.2) is 4.98 Å². The lowest BCUT2D eigenvalue weighted by atomic mass is 10.2. The molecule has 1 aromatic carbocycles. The van der Waals surface area contributed by atoms with Gasteiger partial charge in [-0.3, -0.25) is 4.79 Å². The molecule has 98 valence electrons. The third kappa shape index (κ3) is 3.45. The molecule has 1 heterocycles. The molecular formula is C13H11BrClN3O. The predicted molar refractivity (Wildman–Crippen MR) is 80.5 cm³/mol. The number of nitrogens with two attached hydrogens (primary N) is 1. The number of halogens is 2. The molecule has 6 heteroatoms. The quantitative estimate of drug-likeness (QED) is 0.877. The minimum atomic E-state index is -0.278. The van der Waals surface area contributed by atoms with E-state index in [0.717, 1.165) is 10.0 Å². The Balaban J connectivity index is 2.22. The Bertz CT molecular complexity index is 626. The van der Waals surface area contributed by atoms with Crippen molar-refractivity contribution in [1.82, 2.24) is 4.98 Å². The number of hydrogen-bond donors (Lipinski definition) is 2. The second kappa shape index (κ2) is 5.59. The lowest BCUT2D eigenvalue weighted by molar-refractivity contribution is 0.102. The minimum Gasteiger partial charge on any atom is -0.397 e. The molecule has 2 rings (SSSR count). The van der Waals surface area contributed by atoms with E-state index in [9.17, 15) is 4.79 Å². The lowest BCUT2D eigenvalue weighted by Crippen LogP contribution is -2.13. The van der Waals surface area contributed by atoms with Crippen LogP contribution in [0.5, 0.6) is 0 Å². The molecule has 0 atom stereocenters. The topological polar surface area (TPSA) is 68.0 Å². The van der Waals surface area contributed by atoms with Crippen LogP contribution in [0.4, 0.5) is 11.5 Å². The Labute approximate surface area is 124 Å². The van der Waals surface area contributed by atoms with Crippen LogP contribution in [0.3, 0.4) is 0 Å². The monoisotopic (exact) mass is 339 g/mol. The summed E-state index contributed by atoms with van der Waals surface area (Å²) in [6.45, 7) is 1.85. The summed E-state index contributed by atoms with van der Waals surface area (Å²) < 4.78 is 0.742. The molecule has 2 aromatic rings. The number of benzene rings is 1. The fourth-order valence-corrected chi connectivity index (χ4v) is 2.37. The summed E-state index contributed by atoms with van der Waals surface area (Å²) in [7, 11) is 0. The van der Waals surface area contributed by atoms with E-state index in [-0.39, 0.29) is 5.91 Å². The van der Waals surface area contributed by atoms with Gasteiger partial charge in [0.25, 0.3) is 5.91 Å². The van der Waals surface area contributed by atoms with Gasteiger partial charge >= 0.3 is 0 Å². The molecule has 1 aromatic heterocycles. The zero-order chi connectivity index (χ0) is 14.0. The maximum Gasteiger partial charge on any atom is 0.256 e. The molecule has 0 spiro atoms. The summed E-state index contributed by atoms with van der Waals surface area (Å²) in [6, 6.07) is 6.70. The van der Waals surface area contributed by atoms with Crippen molar-refractivity contribution in [3.05, 3.63) is 51.1 Å². The molecule has 3 N–H and O–H groups in total. The van der Waals surface area contributed by atoms with E-state index in [1.54, 1.807) is 24.3 Å². The zero-order valence-electron chi connectivity index (χ0n) is 10.1. The van der Waals surface area contributed by atoms with Crippen LogP contribution in [0, 0.1) is 6.92 Å². The van der Waals surface area contributed by atoms with Crippen molar-refractivity contribution in [1.29, 1.82) is 0 Å². The second-order valence-electron chi connectivity index (χ2n) is 4.04. The number of pyridine rings is 1. The summed E-state index contributed by atoms with van der Waals surface area (Å²) in [5.41, 5.74) is 7.57. The number of aryl methyl sites for hydroxylation is 1. The first kappa shape index (κ1) is 13.8. The van der Waals surface area contributed by atoms with Crippen LogP contribution in [-0.4, -0.2) is 10.9 Å². The van der Waals surface area contributed by atoms with E-state index in [0.29, 0.717) is 22.1 Å². The average Bonchev–Trinajstić information content (AvgIpc) is 2.32. The van der Waals surface area contributed by atoms with E-state index in [4.69, 9.17) is 17.3 Å². The lowest BCUT2D eigenvalue weighted by Gasteiger charge is -2.07. The minimum absolute atomic E-state index is 0.278. The van der Waals surface area contributed by atoms with Gasteiger partial charge in [0.2, 0.25) is 0 Å². The number of nitrogen functional groups attached to an aromatic ring is 1. The van der Waals surface area contributed by atoms with Crippen molar-refractivity contribution in [3.8, 4) is 0 Å². The van der Waals surface area contributed by atoms with Crippen molar-refractivity contribution in [2.24, 2.45) is 0 Å². The van der Waals surface area contributed by atoms with Crippen LogP contribution in [0.2, 0.25) is 5.02 Å². The van der Waals surface area contributed by atoms with Crippen LogP contribution in [0.25, 0.3) is 0 Å². The Hall–Kier alpha value is -1.59. The number of anilines is 2. The average molecular weight is 341 g/mol. The van der Waals surface area contributed by atoms with Gasteiger partial charge in [0, 0.05) is 15.1 Å². The molecule has 0 aliphatic rings. The normalized spacial score (nSPS) is 10.3. The molecule has 0 unspecified atom stereocenters. The summed E-state index contributed by atoms with van der Waals surface area (Å²) in [4.78, 5) is 16.1. The Morgan fingerprint density at radius 3 is 2.74 bits per heavy atom. The Morgan fingerprint density at radius 2 is 2.11 bits per heavy atom. The molecule has 0 aliphatic heterocycles. The van der Waals surface area contributed by atoms with Gasteiger partial charge in [-0.15, -0.1) is 0 Å². The number of nitrogens with one attached hydrogen (secondary N) is 1. The molecular weight excluding hydrogens is 330 g/mol. The fourth-order valence-electron chi connectivity index (χ4n) is 1.51. The van der Waals surface area contributed by atoms with Crippen LogP contribution in [0.15, 0.2) is 34.9 Å². The number of hydrogen-bond acceptors (Lipinski definition) is 3. The van der Waals surface area contributed by atoms with Crippen molar-refractivity contribution < 1.29 is 4.79 Å². The first-order valence-electron chi connectivity index (χ1n) is 5.45. The van der Waals surface area contributed by atoms with E-state index in [1.165, 1.54) is 6.20 Å². The highest BCUT2D eigenvalue weighted by atomic mass is 79.9. The summed E-state index contributed by atoms with van der Waals surface area (Å²) in [5.74, 6) is 0.174. The first-order valence-corrected chi connectivity index (χ1v) is 6.62. The Morgan fingerprint density at radius 1 is 1.37 bits per heavy atom. The predicted octanol–water partition coefficient (Wildman–Crippen LogP) is 3.64. The third-order valence-electron chi connectivity index (χ3n) is 2.52. The molecule has 4 nitrogen and oxygen atoms in total. The Kier molecular flexibility index (Phi) is 4.07. The second-order valence-corrected chi connectivity index (χ2v) is 5.39. The molecule has 0 radical (unpaired) electrons. The molecule has 0 bridgehead atoms. The molecule has 0 aliphatic carbocycles. The molecule has 0 saturated heterocycles. The van der Waals surface area contributed by atoms with Gasteiger partial charge in [-0.2, -0.15) is 0 Å². The molecule has 1 amide bonds. The van der Waals surface area contributed by atoms with E-state index in [2.05, 4.69) is 26.2 Å².